The van der Waals surface area contributed by atoms with E-state index in [0.717, 1.165) is 12.1 Å². The van der Waals surface area contributed by atoms with Crippen LogP contribution in [0.2, 0.25) is 0 Å². The van der Waals surface area contributed by atoms with Gasteiger partial charge in [-0.2, -0.15) is 23.4 Å². The van der Waals surface area contributed by atoms with E-state index in [1.165, 1.54) is 24.8 Å². The average molecular weight is 411 g/mol. The van der Waals surface area contributed by atoms with Gasteiger partial charge in [-0.3, -0.25) is 4.79 Å². The smallest absolute Gasteiger partial charge is 0.399 e. The Morgan fingerprint density at radius 3 is 2.54 bits per heavy atom. The van der Waals surface area contributed by atoms with Crippen LogP contribution >= 0.6 is 11.8 Å². The molecule has 28 heavy (non-hydrogen) atoms. The number of nitrogens with one attached hydrogen (secondary N) is 2. The number of halogens is 3. The summed E-state index contributed by atoms with van der Waals surface area (Å²) in [5, 5.41) is 14.7. The molecule has 2 rings (SSSR count). The van der Waals surface area contributed by atoms with Crippen molar-refractivity contribution in [2.24, 2.45) is 0 Å². The van der Waals surface area contributed by atoms with Crippen molar-refractivity contribution in [2.75, 3.05) is 28.4 Å². The van der Waals surface area contributed by atoms with Gasteiger partial charge in [-0.05, 0) is 31.4 Å². The van der Waals surface area contributed by atoms with Crippen LogP contribution in [0, 0.1) is 11.3 Å². The molecule has 0 aliphatic carbocycles. The Balaban J connectivity index is 2.22. The maximum atomic E-state index is 12.9. The number of thioether (sulfide) groups is 1. The van der Waals surface area contributed by atoms with Gasteiger partial charge in [0.2, 0.25) is 11.9 Å². The van der Waals surface area contributed by atoms with E-state index in [0.29, 0.717) is 5.03 Å². The summed E-state index contributed by atoms with van der Waals surface area (Å²) in [6.07, 6.45) is -2.91. The molecule has 0 aliphatic rings. The van der Waals surface area contributed by atoms with Gasteiger partial charge in [0.1, 0.15) is 22.7 Å². The fourth-order valence-electron chi connectivity index (χ4n) is 2.22. The molecule has 12 heteroatoms. The quantitative estimate of drug-likeness (QED) is 0.334. The van der Waals surface area contributed by atoms with Crippen molar-refractivity contribution in [2.45, 2.75) is 24.2 Å². The standard InChI is InChI=1S/C16H16F3N7OS/c1-7(23-12-11(6-20)14(28-2)26-15(22)25-12)13(27)24-10-4-8(16(17,18)19)3-9(21)5-10/h3-5,7H,21H2,1-2H3,(H,24,27)(H3,22,23,25,26)/t7-/m0/s1. The number of alkyl halides is 3. The zero-order valence-electron chi connectivity index (χ0n) is 14.8. The molecular weight excluding hydrogens is 395 g/mol. The Bertz CT molecular complexity index is 943. The highest BCUT2D eigenvalue weighted by Gasteiger charge is 2.31. The lowest BCUT2D eigenvalue weighted by Crippen LogP contribution is -2.32. The maximum absolute atomic E-state index is 12.9. The van der Waals surface area contributed by atoms with E-state index >= 15 is 0 Å². The fourth-order valence-corrected chi connectivity index (χ4v) is 2.75. The molecule has 1 aromatic heterocycles. The first-order valence-electron chi connectivity index (χ1n) is 7.72. The lowest BCUT2D eigenvalue weighted by atomic mass is 10.1. The number of hydrogen-bond acceptors (Lipinski definition) is 8. The second kappa shape index (κ2) is 8.22. The Hall–Kier alpha value is -3.20. The van der Waals surface area contributed by atoms with E-state index in [1.807, 2.05) is 6.07 Å². The summed E-state index contributed by atoms with van der Waals surface area (Å²) < 4.78 is 38.7. The molecule has 0 bridgehead atoms. The second-order valence-electron chi connectivity index (χ2n) is 5.62. The van der Waals surface area contributed by atoms with Crippen molar-refractivity contribution < 1.29 is 18.0 Å². The van der Waals surface area contributed by atoms with Crippen LogP contribution in [-0.4, -0.2) is 28.2 Å². The Morgan fingerprint density at radius 2 is 1.96 bits per heavy atom. The van der Waals surface area contributed by atoms with Gasteiger partial charge in [0, 0.05) is 11.4 Å². The average Bonchev–Trinajstić information content (AvgIpc) is 2.59. The van der Waals surface area contributed by atoms with Gasteiger partial charge < -0.3 is 22.1 Å². The third-order valence-corrected chi connectivity index (χ3v) is 4.18. The molecule has 6 N–H and O–H groups in total. The minimum Gasteiger partial charge on any atom is -0.399 e. The van der Waals surface area contributed by atoms with Crippen molar-refractivity contribution in [1.29, 1.82) is 5.26 Å². The summed E-state index contributed by atoms with van der Waals surface area (Å²) in [7, 11) is 0. The molecule has 8 nitrogen and oxygen atoms in total. The number of aromatic nitrogens is 2. The van der Waals surface area contributed by atoms with E-state index in [1.54, 1.807) is 6.26 Å². The molecule has 0 spiro atoms. The summed E-state index contributed by atoms with van der Waals surface area (Å²) in [6, 6.07) is 3.72. The zero-order valence-corrected chi connectivity index (χ0v) is 15.6. The highest BCUT2D eigenvalue weighted by molar-refractivity contribution is 7.98. The monoisotopic (exact) mass is 411 g/mol. The van der Waals surface area contributed by atoms with E-state index < -0.39 is 23.7 Å². The summed E-state index contributed by atoms with van der Waals surface area (Å²) in [6.45, 7) is 1.45. The lowest BCUT2D eigenvalue weighted by Gasteiger charge is -2.17. The SMILES string of the molecule is CSc1nc(N)nc(N[C@@H](C)C(=O)Nc2cc(N)cc(C(F)(F)F)c2)c1C#N. The molecule has 0 saturated carbocycles. The number of hydrogen-bond donors (Lipinski definition) is 4. The van der Waals surface area contributed by atoms with E-state index in [-0.39, 0.29) is 28.7 Å². The van der Waals surface area contributed by atoms with Crippen LogP contribution in [0.1, 0.15) is 18.1 Å². The zero-order chi connectivity index (χ0) is 21.1. The maximum Gasteiger partial charge on any atom is 0.416 e. The normalized spacial score (nSPS) is 12.1. The third kappa shape index (κ3) is 4.95. The van der Waals surface area contributed by atoms with Crippen LogP contribution in [0.5, 0.6) is 0 Å². The number of carbonyl (C=O) groups excluding carboxylic acids is 1. The molecular formula is C16H16F3N7OS. The molecule has 0 unspecified atom stereocenters. The lowest BCUT2D eigenvalue weighted by molar-refractivity contribution is -0.137. The second-order valence-corrected chi connectivity index (χ2v) is 6.42. The molecule has 1 heterocycles. The van der Waals surface area contributed by atoms with Crippen LogP contribution in [0.15, 0.2) is 23.2 Å². The van der Waals surface area contributed by atoms with Crippen LogP contribution in [0.3, 0.4) is 0 Å². The summed E-state index contributed by atoms with van der Waals surface area (Å²) in [4.78, 5) is 20.2. The van der Waals surface area contributed by atoms with Gasteiger partial charge in [-0.25, -0.2) is 4.98 Å². The number of rotatable bonds is 5. The van der Waals surface area contributed by atoms with Gasteiger partial charge >= 0.3 is 6.18 Å². The third-order valence-electron chi connectivity index (χ3n) is 3.49. The number of nitrogens with zero attached hydrogens (tertiary/aromatic N) is 3. The summed E-state index contributed by atoms with van der Waals surface area (Å²) >= 11 is 1.18. The predicted molar refractivity (Wildman–Crippen MR) is 101 cm³/mol. The molecule has 0 aliphatic heterocycles. The van der Waals surface area contributed by atoms with Crippen molar-refractivity contribution in [3.05, 3.63) is 29.3 Å². The van der Waals surface area contributed by atoms with Gasteiger partial charge in [0.05, 0.1) is 5.56 Å². The fraction of sp³-hybridized carbons (Fsp3) is 0.250. The number of carbonyl (C=O) groups is 1. The molecule has 0 radical (unpaired) electrons. The van der Waals surface area contributed by atoms with Crippen molar-refractivity contribution in [3.63, 3.8) is 0 Å². The highest BCUT2D eigenvalue weighted by Crippen LogP contribution is 2.32. The minimum atomic E-state index is -4.60. The molecule has 2 aromatic rings. The van der Waals surface area contributed by atoms with Crippen molar-refractivity contribution in [1.82, 2.24) is 9.97 Å². The summed E-state index contributed by atoms with van der Waals surface area (Å²) in [5.74, 6) is -0.708. The van der Waals surface area contributed by atoms with Crippen LogP contribution < -0.4 is 22.1 Å². The number of anilines is 4. The molecule has 0 saturated heterocycles. The number of nitriles is 1. The molecule has 0 fully saturated rings. The van der Waals surface area contributed by atoms with Crippen LogP contribution in [0.25, 0.3) is 0 Å². The minimum absolute atomic E-state index is 0.0468. The Kier molecular flexibility index (Phi) is 6.19. The van der Waals surface area contributed by atoms with Gasteiger partial charge in [-0.1, -0.05) is 0 Å². The molecule has 148 valence electrons. The first kappa shape index (κ1) is 21.1. The molecule has 1 amide bonds. The first-order valence-corrected chi connectivity index (χ1v) is 8.94. The summed E-state index contributed by atoms with van der Waals surface area (Å²) in [5.41, 5.74) is 9.94. The van der Waals surface area contributed by atoms with Gasteiger partial charge in [-0.15, -0.1) is 11.8 Å². The number of nitrogens with two attached hydrogens (primary N) is 2. The number of nitrogen functional groups attached to an aromatic ring is 2. The van der Waals surface area contributed by atoms with E-state index in [4.69, 9.17) is 11.5 Å². The van der Waals surface area contributed by atoms with E-state index in [2.05, 4.69) is 20.6 Å². The Labute approximate surface area is 162 Å². The topological polar surface area (TPSA) is 143 Å². The largest absolute Gasteiger partial charge is 0.416 e. The molecule has 1 atom stereocenters. The van der Waals surface area contributed by atoms with Gasteiger partial charge in [0.25, 0.3) is 0 Å². The van der Waals surface area contributed by atoms with E-state index in [9.17, 15) is 23.2 Å². The van der Waals surface area contributed by atoms with Crippen LogP contribution in [0.4, 0.5) is 36.3 Å². The van der Waals surface area contributed by atoms with Crippen molar-refractivity contribution >= 4 is 40.8 Å². The van der Waals surface area contributed by atoms with Gasteiger partial charge in [0.15, 0.2) is 5.82 Å². The highest BCUT2D eigenvalue weighted by atomic mass is 32.2. The Morgan fingerprint density at radius 1 is 1.29 bits per heavy atom. The number of amides is 1. The van der Waals surface area contributed by atoms with Crippen molar-refractivity contribution in [3.8, 4) is 6.07 Å². The predicted octanol–water partition coefficient (Wildman–Crippen LogP) is 2.69. The van der Waals surface area contributed by atoms with Crippen LogP contribution in [-0.2, 0) is 11.0 Å². The number of benzene rings is 1. The first-order chi connectivity index (χ1) is 13.0. The molecule has 1 aromatic carbocycles.